The molecular weight excluding hydrogens is 421 g/mol. The lowest BCUT2D eigenvalue weighted by Crippen LogP contribution is -2.47. The molecule has 3 aromatic heterocycles. The first kappa shape index (κ1) is 21.3. The Hall–Kier alpha value is -3.53. The maximum absolute atomic E-state index is 14.5. The fourth-order valence-electron chi connectivity index (χ4n) is 4.59. The fourth-order valence-corrected chi connectivity index (χ4v) is 4.59. The van der Waals surface area contributed by atoms with Gasteiger partial charge in [0.2, 0.25) is 5.95 Å². The molecule has 0 saturated carbocycles. The molecule has 1 fully saturated rings. The molecule has 1 aliphatic rings. The third kappa shape index (κ3) is 3.91. The van der Waals surface area contributed by atoms with E-state index in [1.54, 1.807) is 19.4 Å². The minimum absolute atomic E-state index is 0.169. The first-order valence-corrected chi connectivity index (χ1v) is 11.2. The Labute approximate surface area is 191 Å². The lowest BCUT2D eigenvalue weighted by Gasteiger charge is -2.37. The molecule has 33 heavy (non-hydrogen) atoms. The second-order valence-electron chi connectivity index (χ2n) is 8.56. The van der Waals surface area contributed by atoms with Gasteiger partial charge < -0.3 is 26.3 Å². The molecular formula is C23H28FN9. The van der Waals surface area contributed by atoms with Crippen molar-refractivity contribution in [3.63, 3.8) is 0 Å². The van der Waals surface area contributed by atoms with E-state index in [2.05, 4.69) is 37.4 Å². The van der Waals surface area contributed by atoms with Gasteiger partial charge in [0.05, 0.1) is 34.7 Å². The van der Waals surface area contributed by atoms with Crippen LogP contribution in [0, 0.1) is 18.7 Å². The van der Waals surface area contributed by atoms with Gasteiger partial charge in [-0.3, -0.25) is 0 Å². The Bertz CT molecular complexity index is 1300. The number of hydrogen-bond donors (Lipinski definition) is 4. The van der Waals surface area contributed by atoms with Crippen LogP contribution in [-0.4, -0.2) is 51.1 Å². The number of aromatic nitrogens is 5. The first-order chi connectivity index (χ1) is 16.0. The van der Waals surface area contributed by atoms with E-state index in [0.717, 1.165) is 48.0 Å². The van der Waals surface area contributed by atoms with Crippen LogP contribution in [0.5, 0.6) is 0 Å². The first-order valence-electron chi connectivity index (χ1n) is 11.2. The number of rotatable bonds is 5. The number of aromatic amines is 1. The van der Waals surface area contributed by atoms with E-state index in [4.69, 9.17) is 15.7 Å². The van der Waals surface area contributed by atoms with E-state index < -0.39 is 0 Å². The van der Waals surface area contributed by atoms with Crippen molar-refractivity contribution in [2.24, 2.45) is 11.7 Å². The third-order valence-electron chi connectivity index (χ3n) is 6.43. The maximum atomic E-state index is 14.5. The number of halogens is 1. The number of nitrogens with one attached hydrogen (secondary N) is 3. The number of anilines is 4. The van der Waals surface area contributed by atoms with Crippen LogP contribution >= 0.6 is 0 Å². The average molecular weight is 450 g/mol. The number of hydrogen-bond acceptors (Lipinski definition) is 8. The number of piperidine rings is 1. The summed E-state index contributed by atoms with van der Waals surface area (Å²) >= 11 is 0. The number of benzene rings is 1. The molecule has 4 aromatic rings. The van der Waals surface area contributed by atoms with Crippen molar-refractivity contribution in [1.29, 1.82) is 0 Å². The molecule has 0 radical (unpaired) electrons. The van der Waals surface area contributed by atoms with Crippen LogP contribution in [0.15, 0.2) is 24.5 Å². The monoisotopic (exact) mass is 449 g/mol. The molecule has 0 bridgehead atoms. The van der Waals surface area contributed by atoms with Gasteiger partial charge in [-0.25, -0.2) is 14.4 Å². The maximum Gasteiger partial charge on any atom is 0.231 e. The molecule has 0 aliphatic carbocycles. The summed E-state index contributed by atoms with van der Waals surface area (Å²) in [6, 6.07) is 3.18. The number of aryl methyl sites for hydroxylation is 1. The standard InChI is InChI=1S/C23H28FN9/c1-4-13-11-33(6-5-17(13)25)22-19-16-7-14(24)8-18(26-3)20(16)30-21(19)31-23(32-22)29-15-9-27-12(2)28-10-15/h7-10,13,17,26H,4-6,11,25H2,1-3H3,(H2,29,30,31,32)/t13-,17-/m1/s1. The minimum atomic E-state index is -0.315. The number of H-pyrrole nitrogens is 1. The van der Waals surface area contributed by atoms with E-state index >= 15 is 0 Å². The Morgan fingerprint density at radius 1 is 1.24 bits per heavy atom. The molecule has 0 spiro atoms. The van der Waals surface area contributed by atoms with Crippen molar-refractivity contribution >= 4 is 45.1 Å². The zero-order valence-electron chi connectivity index (χ0n) is 19.0. The molecule has 1 aromatic carbocycles. The third-order valence-corrected chi connectivity index (χ3v) is 6.43. The average Bonchev–Trinajstić information content (AvgIpc) is 3.18. The van der Waals surface area contributed by atoms with E-state index in [9.17, 15) is 4.39 Å². The molecule has 0 amide bonds. The molecule has 4 heterocycles. The molecule has 1 saturated heterocycles. The topological polar surface area (TPSA) is 121 Å². The molecule has 9 nitrogen and oxygen atoms in total. The van der Waals surface area contributed by atoms with Crippen LogP contribution in [0.4, 0.5) is 27.5 Å². The van der Waals surface area contributed by atoms with E-state index in [0.29, 0.717) is 34.7 Å². The number of fused-ring (bicyclic) bond motifs is 3. The van der Waals surface area contributed by atoms with Gasteiger partial charge in [-0.1, -0.05) is 13.3 Å². The summed E-state index contributed by atoms with van der Waals surface area (Å²) in [5.74, 6) is 1.92. The second kappa shape index (κ2) is 8.43. The van der Waals surface area contributed by atoms with Gasteiger partial charge in [-0.05, 0) is 31.4 Å². The van der Waals surface area contributed by atoms with Crippen molar-refractivity contribution in [1.82, 2.24) is 24.9 Å². The molecule has 2 atom stereocenters. The molecule has 1 aliphatic heterocycles. The van der Waals surface area contributed by atoms with Gasteiger partial charge in [0, 0.05) is 31.6 Å². The second-order valence-corrected chi connectivity index (χ2v) is 8.56. The zero-order valence-corrected chi connectivity index (χ0v) is 19.0. The Morgan fingerprint density at radius 3 is 2.76 bits per heavy atom. The largest absolute Gasteiger partial charge is 0.386 e. The number of nitrogens with two attached hydrogens (primary N) is 1. The zero-order chi connectivity index (χ0) is 23.1. The summed E-state index contributed by atoms with van der Waals surface area (Å²) in [4.78, 5) is 23.7. The normalized spacial score (nSPS) is 18.8. The predicted octanol–water partition coefficient (Wildman–Crippen LogP) is 3.70. The molecule has 5 rings (SSSR count). The van der Waals surface area contributed by atoms with Gasteiger partial charge >= 0.3 is 0 Å². The van der Waals surface area contributed by atoms with Gasteiger partial charge in [-0.2, -0.15) is 9.97 Å². The van der Waals surface area contributed by atoms with Gasteiger partial charge in [0.25, 0.3) is 0 Å². The highest BCUT2D eigenvalue weighted by molar-refractivity contribution is 6.14. The highest BCUT2D eigenvalue weighted by atomic mass is 19.1. The van der Waals surface area contributed by atoms with Crippen LogP contribution < -0.4 is 21.3 Å². The minimum Gasteiger partial charge on any atom is -0.386 e. The van der Waals surface area contributed by atoms with Crippen LogP contribution in [0.25, 0.3) is 21.9 Å². The van der Waals surface area contributed by atoms with Gasteiger partial charge in [0.15, 0.2) is 0 Å². The quantitative estimate of drug-likeness (QED) is 0.364. The van der Waals surface area contributed by atoms with E-state index in [1.165, 1.54) is 12.1 Å². The van der Waals surface area contributed by atoms with Crippen molar-refractivity contribution in [3.05, 3.63) is 36.2 Å². The van der Waals surface area contributed by atoms with Crippen LogP contribution in [0.2, 0.25) is 0 Å². The fraction of sp³-hybridized carbons (Fsp3) is 0.391. The van der Waals surface area contributed by atoms with E-state index in [-0.39, 0.29) is 11.9 Å². The van der Waals surface area contributed by atoms with Crippen LogP contribution in [0.3, 0.4) is 0 Å². The predicted molar refractivity (Wildman–Crippen MR) is 130 cm³/mol. The lowest BCUT2D eigenvalue weighted by atomic mass is 9.90. The Morgan fingerprint density at radius 2 is 2.03 bits per heavy atom. The summed E-state index contributed by atoms with van der Waals surface area (Å²) in [5.41, 5.74) is 9.15. The van der Waals surface area contributed by atoms with Crippen molar-refractivity contribution in [2.45, 2.75) is 32.7 Å². The summed E-state index contributed by atoms with van der Waals surface area (Å²) in [5, 5.41) is 7.83. The Kier molecular flexibility index (Phi) is 5.45. The smallest absolute Gasteiger partial charge is 0.231 e. The Balaban J connectivity index is 1.69. The summed E-state index contributed by atoms with van der Waals surface area (Å²) in [7, 11) is 1.77. The van der Waals surface area contributed by atoms with Crippen LogP contribution in [-0.2, 0) is 0 Å². The lowest BCUT2D eigenvalue weighted by molar-refractivity contribution is 0.347. The molecule has 5 N–H and O–H groups in total. The van der Waals surface area contributed by atoms with Crippen LogP contribution in [0.1, 0.15) is 25.6 Å². The molecule has 0 unspecified atom stereocenters. The summed E-state index contributed by atoms with van der Waals surface area (Å²) in [6.07, 6.45) is 5.26. The molecule has 10 heteroatoms. The van der Waals surface area contributed by atoms with E-state index in [1.807, 2.05) is 6.92 Å². The number of nitrogens with zero attached hydrogens (tertiary/aromatic N) is 5. The van der Waals surface area contributed by atoms with Crippen molar-refractivity contribution in [3.8, 4) is 0 Å². The summed E-state index contributed by atoms with van der Waals surface area (Å²) < 4.78 is 14.5. The summed E-state index contributed by atoms with van der Waals surface area (Å²) in [6.45, 7) is 5.56. The molecule has 172 valence electrons. The van der Waals surface area contributed by atoms with Gasteiger partial charge in [-0.15, -0.1) is 0 Å². The highest BCUT2D eigenvalue weighted by Crippen LogP contribution is 2.38. The SMILES string of the molecule is CC[C@@H]1CN(c2nc(Nc3cnc(C)nc3)nc3[nH]c4c(NC)cc(F)cc4c23)CC[C@H]1N. The van der Waals surface area contributed by atoms with Gasteiger partial charge in [0.1, 0.15) is 23.1 Å². The van der Waals surface area contributed by atoms with Crippen molar-refractivity contribution < 1.29 is 4.39 Å². The van der Waals surface area contributed by atoms with Crippen molar-refractivity contribution in [2.75, 3.05) is 35.7 Å². The highest BCUT2D eigenvalue weighted by Gasteiger charge is 2.29.